The third-order valence-corrected chi connectivity index (χ3v) is 4.55. The number of aromatic nitrogens is 2. The number of fused-ring (bicyclic) bond motifs is 1. The van der Waals surface area contributed by atoms with Crippen LogP contribution in [0, 0.1) is 6.92 Å². The zero-order chi connectivity index (χ0) is 24.1. The Bertz CT molecular complexity index is 1080. The molecular formula is C28H35N3O2. The summed E-state index contributed by atoms with van der Waals surface area (Å²) in [7, 11) is 0. The molecule has 0 aliphatic rings. The van der Waals surface area contributed by atoms with E-state index < -0.39 is 0 Å². The summed E-state index contributed by atoms with van der Waals surface area (Å²) in [6.45, 7) is 10.7. The summed E-state index contributed by atoms with van der Waals surface area (Å²) in [5.41, 5.74) is 4.38. The summed E-state index contributed by atoms with van der Waals surface area (Å²) in [5, 5.41) is 2.90. The second-order valence-corrected chi connectivity index (χ2v) is 7.81. The number of hydrogen-bond donors (Lipinski definition) is 1. The van der Waals surface area contributed by atoms with Crippen molar-refractivity contribution in [3.8, 4) is 11.5 Å². The lowest BCUT2D eigenvalue weighted by atomic mass is 10.1. The van der Waals surface area contributed by atoms with Crippen LogP contribution in [0.3, 0.4) is 0 Å². The van der Waals surface area contributed by atoms with Crippen LogP contribution in [0.25, 0.3) is 22.7 Å². The smallest absolute Gasteiger partial charge is 0.255 e. The highest BCUT2D eigenvalue weighted by Crippen LogP contribution is 2.25. The number of carbonyl (C=O) groups is 1. The van der Waals surface area contributed by atoms with Crippen molar-refractivity contribution in [3.05, 3.63) is 78.0 Å². The van der Waals surface area contributed by atoms with Gasteiger partial charge in [0, 0.05) is 23.0 Å². The van der Waals surface area contributed by atoms with Gasteiger partial charge in [0.05, 0.1) is 0 Å². The lowest BCUT2D eigenvalue weighted by Gasteiger charge is -2.06. The molecule has 0 spiro atoms. The quantitative estimate of drug-likeness (QED) is 0.337. The molecule has 4 rings (SSSR count). The average molecular weight is 446 g/mol. The van der Waals surface area contributed by atoms with Crippen molar-refractivity contribution in [1.82, 2.24) is 9.97 Å². The van der Waals surface area contributed by atoms with E-state index in [-0.39, 0.29) is 5.91 Å². The molecule has 33 heavy (non-hydrogen) atoms. The van der Waals surface area contributed by atoms with Gasteiger partial charge in [-0.15, -0.1) is 0 Å². The fraction of sp³-hybridized carbons (Fsp3) is 0.321. The van der Waals surface area contributed by atoms with Gasteiger partial charge in [-0.05, 0) is 49.4 Å². The molecule has 2 aromatic heterocycles. The first-order chi connectivity index (χ1) is 16.0. The summed E-state index contributed by atoms with van der Waals surface area (Å²) in [4.78, 5) is 20.9. The predicted octanol–water partition coefficient (Wildman–Crippen LogP) is 8.06. The molecule has 0 aliphatic heterocycles. The number of anilines is 1. The molecule has 0 atom stereocenters. The normalized spacial score (nSPS) is 9.97. The highest BCUT2D eigenvalue weighted by Gasteiger charge is 2.11. The van der Waals surface area contributed by atoms with Gasteiger partial charge in [0.1, 0.15) is 0 Å². The van der Waals surface area contributed by atoms with E-state index in [4.69, 9.17) is 4.42 Å². The molecule has 0 unspecified atom stereocenters. The Morgan fingerprint density at radius 3 is 2.24 bits per heavy atom. The summed E-state index contributed by atoms with van der Waals surface area (Å²) >= 11 is 0. The number of pyridine rings is 1. The van der Waals surface area contributed by atoms with Crippen molar-refractivity contribution in [2.45, 2.75) is 60.3 Å². The number of benzene rings is 2. The van der Waals surface area contributed by atoms with Crippen LogP contribution in [0.1, 0.15) is 69.3 Å². The second kappa shape index (κ2) is 13.8. The van der Waals surface area contributed by atoms with Crippen LogP contribution in [-0.4, -0.2) is 15.9 Å². The van der Waals surface area contributed by atoms with Gasteiger partial charge in [0.15, 0.2) is 11.2 Å². The predicted molar refractivity (Wildman–Crippen MR) is 138 cm³/mol. The average Bonchev–Trinajstić information content (AvgIpc) is 3.26. The van der Waals surface area contributed by atoms with Crippen LogP contribution in [0.2, 0.25) is 0 Å². The van der Waals surface area contributed by atoms with Crippen molar-refractivity contribution >= 4 is 22.8 Å². The molecular weight excluding hydrogens is 410 g/mol. The Hall–Kier alpha value is -3.47. The largest absolute Gasteiger partial charge is 0.434 e. The summed E-state index contributed by atoms with van der Waals surface area (Å²) in [6, 6.07) is 18.5. The van der Waals surface area contributed by atoms with Crippen LogP contribution < -0.4 is 5.32 Å². The van der Waals surface area contributed by atoms with Crippen LogP contribution >= 0.6 is 0 Å². The first-order valence-corrected chi connectivity index (χ1v) is 11.7. The number of oxazole rings is 1. The highest BCUT2D eigenvalue weighted by atomic mass is 16.3. The minimum Gasteiger partial charge on any atom is -0.434 e. The Morgan fingerprint density at radius 1 is 0.939 bits per heavy atom. The summed E-state index contributed by atoms with van der Waals surface area (Å²) in [5.74, 6) is 0.316. The van der Waals surface area contributed by atoms with Gasteiger partial charge in [-0.3, -0.25) is 4.79 Å². The first kappa shape index (κ1) is 25.8. The maximum absolute atomic E-state index is 12.4. The Kier molecular flexibility index (Phi) is 10.8. The number of unbranched alkanes of at least 4 members (excludes halogenated alkanes) is 2. The van der Waals surface area contributed by atoms with E-state index in [0.717, 1.165) is 11.1 Å². The number of carbonyl (C=O) groups excluding carboxylic acids is 1. The SMILES string of the molecule is CCC.CCCCC.Cc1ccc(C(=O)Nc2cccc(-c3nc4ncccc4o3)c2)cc1. The highest BCUT2D eigenvalue weighted by molar-refractivity contribution is 6.04. The van der Waals surface area contributed by atoms with Crippen LogP contribution in [-0.2, 0) is 0 Å². The standard InChI is InChI=1S/C20H15N3O2.C5H12.C3H8/c1-13-7-9-14(10-8-13)19(24)22-16-5-2-4-15(12-16)20-23-18-17(25-20)6-3-11-21-18;1-3-5-4-2;1-3-2/h2-12H,1H3,(H,22,24);3-5H2,1-2H3;3H2,1-2H3. The number of nitrogens with zero attached hydrogens (tertiary/aromatic N) is 2. The third-order valence-electron chi connectivity index (χ3n) is 4.55. The molecule has 0 saturated carbocycles. The number of hydrogen-bond acceptors (Lipinski definition) is 4. The van der Waals surface area contributed by atoms with Crippen LogP contribution in [0.4, 0.5) is 5.69 Å². The number of nitrogens with one attached hydrogen (secondary N) is 1. The van der Waals surface area contributed by atoms with E-state index in [1.165, 1.54) is 25.7 Å². The van der Waals surface area contributed by atoms with Crippen molar-refractivity contribution in [1.29, 1.82) is 0 Å². The molecule has 2 aromatic carbocycles. The first-order valence-electron chi connectivity index (χ1n) is 11.7. The third kappa shape index (κ3) is 8.19. The zero-order valence-corrected chi connectivity index (χ0v) is 20.4. The molecule has 1 amide bonds. The number of aryl methyl sites for hydroxylation is 1. The molecule has 0 fully saturated rings. The van der Waals surface area contributed by atoms with Gasteiger partial charge in [-0.25, -0.2) is 4.98 Å². The summed E-state index contributed by atoms with van der Waals surface area (Å²) in [6.07, 6.45) is 7.00. The van der Waals surface area contributed by atoms with Crippen molar-refractivity contribution < 1.29 is 9.21 Å². The molecule has 4 aromatic rings. The van der Waals surface area contributed by atoms with E-state index in [1.54, 1.807) is 24.4 Å². The lowest BCUT2D eigenvalue weighted by Crippen LogP contribution is -2.11. The van der Waals surface area contributed by atoms with Gasteiger partial charge in [-0.2, -0.15) is 4.98 Å². The van der Waals surface area contributed by atoms with Gasteiger partial charge in [0.2, 0.25) is 5.89 Å². The van der Waals surface area contributed by atoms with Gasteiger partial charge >= 0.3 is 0 Å². The van der Waals surface area contributed by atoms with Crippen LogP contribution in [0.5, 0.6) is 0 Å². The van der Waals surface area contributed by atoms with Gasteiger partial charge in [-0.1, -0.05) is 77.1 Å². The molecule has 1 N–H and O–H groups in total. The zero-order valence-electron chi connectivity index (χ0n) is 20.4. The van der Waals surface area contributed by atoms with Gasteiger partial charge in [0.25, 0.3) is 5.91 Å². The molecule has 0 saturated heterocycles. The Morgan fingerprint density at radius 2 is 1.64 bits per heavy atom. The molecule has 5 nitrogen and oxygen atoms in total. The Balaban J connectivity index is 0.000000420. The maximum atomic E-state index is 12.4. The fourth-order valence-corrected chi connectivity index (χ4v) is 2.88. The topological polar surface area (TPSA) is 68.0 Å². The van der Waals surface area contributed by atoms with E-state index >= 15 is 0 Å². The van der Waals surface area contributed by atoms with Crippen molar-refractivity contribution in [2.24, 2.45) is 0 Å². The van der Waals surface area contributed by atoms with E-state index in [9.17, 15) is 4.79 Å². The number of rotatable bonds is 5. The molecule has 0 aliphatic carbocycles. The van der Waals surface area contributed by atoms with Crippen molar-refractivity contribution in [3.63, 3.8) is 0 Å². The molecule has 0 radical (unpaired) electrons. The molecule has 174 valence electrons. The number of amides is 1. The van der Waals surface area contributed by atoms with E-state index in [1.807, 2.05) is 49.4 Å². The van der Waals surface area contributed by atoms with Gasteiger partial charge < -0.3 is 9.73 Å². The van der Waals surface area contributed by atoms with Crippen molar-refractivity contribution in [2.75, 3.05) is 5.32 Å². The van der Waals surface area contributed by atoms with E-state index in [0.29, 0.717) is 28.4 Å². The molecule has 2 heterocycles. The lowest BCUT2D eigenvalue weighted by molar-refractivity contribution is 0.102. The maximum Gasteiger partial charge on any atom is 0.255 e. The minimum absolute atomic E-state index is 0.156. The Labute approximate surface area is 197 Å². The monoisotopic (exact) mass is 445 g/mol. The second-order valence-electron chi connectivity index (χ2n) is 7.81. The molecule has 0 bridgehead atoms. The summed E-state index contributed by atoms with van der Waals surface area (Å²) < 4.78 is 5.73. The fourth-order valence-electron chi connectivity index (χ4n) is 2.88. The van der Waals surface area contributed by atoms with Crippen LogP contribution in [0.15, 0.2) is 71.3 Å². The minimum atomic E-state index is -0.156. The van der Waals surface area contributed by atoms with E-state index in [2.05, 4.69) is 43.0 Å². The molecule has 5 heteroatoms.